The first-order valence-corrected chi connectivity index (χ1v) is 13.6. The molecule has 0 amide bonds. The molecule has 3 aromatic rings. The van der Waals surface area contributed by atoms with Crippen molar-refractivity contribution in [2.45, 2.75) is 43.5 Å². The van der Waals surface area contributed by atoms with E-state index in [4.69, 9.17) is 5.14 Å². The first-order valence-electron chi connectivity index (χ1n) is 10.4. The lowest BCUT2D eigenvalue weighted by Gasteiger charge is -2.35. The molecule has 1 aromatic carbocycles. The highest BCUT2D eigenvalue weighted by atomic mass is 32.2. The van der Waals surface area contributed by atoms with Crippen molar-refractivity contribution in [3.63, 3.8) is 0 Å². The topological polar surface area (TPSA) is 128 Å². The number of fused-ring (bicyclic) bond motifs is 1. The van der Waals surface area contributed by atoms with Crippen LogP contribution in [0.4, 0.5) is 5.82 Å². The van der Waals surface area contributed by atoms with Crippen molar-refractivity contribution >= 4 is 36.9 Å². The van der Waals surface area contributed by atoms with Gasteiger partial charge in [0.2, 0.25) is 10.0 Å². The molecule has 1 fully saturated rings. The van der Waals surface area contributed by atoms with Crippen molar-refractivity contribution in [3.8, 4) is 0 Å². The minimum Gasteiger partial charge on any atom is -0.356 e. The Bertz CT molecular complexity index is 1330. The molecule has 2 aromatic heterocycles. The second-order valence-corrected chi connectivity index (χ2v) is 12.0. The lowest BCUT2D eigenvalue weighted by atomic mass is 9.86. The average molecular weight is 478 g/mol. The van der Waals surface area contributed by atoms with Crippen LogP contribution in [0, 0.1) is 12.8 Å². The number of hydrogen-bond donors (Lipinski definition) is 1. The van der Waals surface area contributed by atoms with Crippen LogP contribution in [-0.2, 0) is 20.0 Å². The minimum atomic E-state index is -3.79. The summed E-state index contributed by atoms with van der Waals surface area (Å²) in [6.45, 7) is 1.90. The second kappa shape index (κ2) is 8.45. The zero-order valence-corrected chi connectivity index (χ0v) is 19.7. The van der Waals surface area contributed by atoms with Crippen LogP contribution in [0.3, 0.4) is 0 Å². The monoisotopic (exact) mass is 477 g/mol. The normalized spacial score (nSPS) is 19.8. The van der Waals surface area contributed by atoms with Gasteiger partial charge in [-0.15, -0.1) is 0 Å². The molecule has 2 heterocycles. The molecule has 0 unspecified atom stereocenters. The fraction of sp³-hybridized carbons (Fsp3) is 0.429. The number of nitrogens with zero attached hydrogens (tertiary/aromatic N) is 4. The molecule has 32 heavy (non-hydrogen) atoms. The van der Waals surface area contributed by atoms with Gasteiger partial charge in [0.1, 0.15) is 12.1 Å². The van der Waals surface area contributed by atoms with E-state index < -0.39 is 20.0 Å². The third-order valence-corrected chi connectivity index (χ3v) is 8.79. The van der Waals surface area contributed by atoms with Crippen molar-refractivity contribution in [1.29, 1.82) is 0 Å². The average Bonchev–Trinajstić information content (AvgIpc) is 3.18. The van der Waals surface area contributed by atoms with Crippen molar-refractivity contribution in [3.05, 3.63) is 48.4 Å². The van der Waals surface area contributed by atoms with Gasteiger partial charge in [-0.2, -0.15) is 0 Å². The molecule has 0 atom stereocenters. The molecule has 4 rings (SSSR count). The van der Waals surface area contributed by atoms with Gasteiger partial charge in [-0.1, -0.05) is 17.7 Å². The fourth-order valence-corrected chi connectivity index (χ4v) is 6.71. The molecule has 9 nitrogen and oxygen atoms in total. The summed E-state index contributed by atoms with van der Waals surface area (Å²) in [6, 6.07) is 8.59. The van der Waals surface area contributed by atoms with Gasteiger partial charge in [0.05, 0.1) is 16.0 Å². The summed E-state index contributed by atoms with van der Waals surface area (Å²) < 4.78 is 50.3. The molecule has 0 bridgehead atoms. The Morgan fingerprint density at radius 1 is 1.03 bits per heavy atom. The third kappa shape index (κ3) is 4.50. The maximum atomic E-state index is 13.2. The predicted molar refractivity (Wildman–Crippen MR) is 123 cm³/mol. The van der Waals surface area contributed by atoms with Crippen molar-refractivity contribution in [1.82, 2.24) is 13.9 Å². The molecule has 0 saturated heterocycles. The number of aromatic nitrogens is 3. The maximum absolute atomic E-state index is 13.2. The Hall–Kier alpha value is -2.50. The third-order valence-electron chi connectivity index (χ3n) is 6.17. The first-order chi connectivity index (χ1) is 15.1. The van der Waals surface area contributed by atoms with Gasteiger partial charge in [0.25, 0.3) is 10.0 Å². The largest absolute Gasteiger partial charge is 0.356 e. The Labute approximate surface area is 188 Å². The van der Waals surface area contributed by atoms with Gasteiger partial charge in [0, 0.05) is 19.3 Å². The summed E-state index contributed by atoms with van der Waals surface area (Å²) in [4.78, 5) is 10.9. The lowest BCUT2D eigenvalue weighted by molar-refractivity contribution is 0.341. The Kier molecular flexibility index (Phi) is 5.99. The van der Waals surface area contributed by atoms with Gasteiger partial charge >= 0.3 is 0 Å². The molecule has 1 aliphatic rings. The van der Waals surface area contributed by atoms with Gasteiger partial charge < -0.3 is 4.90 Å². The Morgan fingerprint density at radius 3 is 2.31 bits per heavy atom. The number of anilines is 1. The minimum absolute atomic E-state index is 0.0148. The smallest absolute Gasteiger partial charge is 0.269 e. The van der Waals surface area contributed by atoms with E-state index in [0.29, 0.717) is 16.9 Å². The van der Waals surface area contributed by atoms with E-state index in [2.05, 4.69) is 9.97 Å². The molecular formula is C21H27N5O4S2. The molecule has 2 N–H and O–H groups in total. The summed E-state index contributed by atoms with van der Waals surface area (Å²) in [5.74, 6) is 0.740. The molecule has 1 saturated carbocycles. The van der Waals surface area contributed by atoms with E-state index in [1.807, 2.05) is 18.9 Å². The molecule has 11 heteroatoms. The highest BCUT2D eigenvalue weighted by molar-refractivity contribution is 7.90. The number of benzene rings is 1. The van der Waals surface area contributed by atoms with Crippen LogP contribution in [-0.4, -0.2) is 49.6 Å². The van der Waals surface area contributed by atoms with E-state index >= 15 is 0 Å². The second-order valence-electron chi connectivity index (χ2n) is 8.48. The first kappa shape index (κ1) is 22.7. The van der Waals surface area contributed by atoms with Gasteiger partial charge in [-0.25, -0.2) is 35.9 Å². The van der Waals surface area contributed by atoms with E-state index in [0.717, 1.165) is 31.2 Å². The lowest BCUT2D eigenvalue weighted by Crippen LogP contribution is -2.37. The quantitative estimate of drug-likeness (QED) is 0.576. The molecule has 0 radical (unpaired) electrons. The van der Waals surface area contributed by atoms with Gasteiger partial charge in [-0.05, 0) is 56.7 Å². The number of aryl methyl sites for hydroxylation is 1. The Morgan fingerprint density at radius 2 is 1.69 bits per heavy atom. The summed E-state index contributed by atoms with van der Waals surface area (Å²) in [5, 5.41) is 5.84. The molecule has 0 spiro atoms. The van der Waals surface area contributed by atoms with E-state index in [-0.39, 0.29) is 22.6 Å². The molecule has 172 valence electrons. The van der Waals surface area contributed by atoms with Crippen LogP contribution in [0.1, 0.15) is 31.2 Å². The summed E-state index contributed by atoms with van der Waals surface area (Å²) in [5.41, 5.74) is 1.30. The van der Waals surface area contributed by atoms with E-state index in [9.17, 15) is 16.8 Å². The van der Waals surface area contributed by atoms with Crippen LogP contribution < -0.4 is 10.0 Å². The summed E-state index contributed by atoms with van der Waals surface area (Å²) in [6.07, 6.45) is 6.04. The highest BCUT2D eigenvalue weighted by Gasteiger charge is 2.29. The standard InChI is InChI=1S/C21H27N5O4S2/c1-15-3-9-18(10-4-15)32(29,30)26-12-11-19-20(23-14-24-21(19)26)25(2)17-7-5-16(6-8-17)13-31(22,27)28/h3-4,9-12,14,16-17H,5-8,13H2,1-2H3,(H2,22,27,28). The number of primary sulfonamides is 1. The summed E-state index contributed by atoms with van der Waals surface area (Å²) >= 11 is 0. The molecule has 1 aliphatic carbocycles. The van der Waals surface area contributed by atoms with Crippen molar-refractivity contribution in [2.75, 3.05) is 17.7 Å². The van der Waals surface area contributed by atoms with Crippen LogP contribution in [0.25, 0.3) is 11.0 Å². The Balaban J connectivity index is 1.60. The van der Waals surface area contributed by atoms with Crippen LogP contribution >= 0.6 is 0 Å². The highest BCUT2D eigenvalue weighted by Crippen LogP contribution is 2.33. The van der Waals surface area contributed by atoms with E-state index in [1.165, 1.54) is 16.5 Å². The number of sulfonamides is 1. The zero-order valence-electron chi connectivity index (χ0n) is 18.0. The molecule has 0 aliphatic heterocycles. The predicted octanol–water partition coefficient (Wildman–Crippen LogP) is 2.26. The SMILES string of the molecule is Cc1ccc(S(=O)(=O)n2ccc3c(N(C)C4CCC(CS(N)(=O)=O)CC4)ncnc32)cc1. The maximum Gasteiger partial charge on any atom is 0.269 e. The number of nitrogens with two attached hydrogens (primary N) is 1. The van der Waals surface area contributed by atoms with Crippen LogP contribution in [0.2, 0.25) is 0 Å². The number of hydrogen-bond acceptors (Lipinski definition) is 7. The van der Waals surface area contributed by atoms with Crippen LogP contribution in [0.5, 0.6) is 0 Å². The molecular weight excluding hydrogens is 450 g/mol. The van der Waals surface area contributed by atoms with Crippen molar-refractivity contribution in [2.24, 2.45) is 11.1 Å². The van der Waals surface area contributed by atoms with Crippen LogP contribution in [0.15, 0.2) is 47.8 Å². The van der Waals surface area contributed by atoms with E-state index in [1.54, 1.807) is 30.3 Å². The number of rotatable bonds is 6. The fourth-order valence-electron chi connectivity index (χ4n) is 4.41. The van der Waals surface area contributed by atoms with Crippen molar-refractivity contribution < 1.29 is 16.8 Å². The summed E-state index contributed by atoms with van der Waals surface area (Å²) in [7, 11) is -5.34. The zero-order chi connectivity index (χ0) is 23.1. The van der Waals surface area contributed by atoms with Gasteiger partial charge in [-0.3, -0.25) is 0 Å². The van der Waals surface area contributed by atoms with Gasteiger partial charge in [0.15, 0.2) is 5.65 Å².